The molecule has 2 fully saturated rings. The van der Waals surface area contributed by atoms with Crippen molar-refractivity contribution in [2.75, 3.05) is 32.8 Å². The Morgan fingerprint density at radius 2 is 1.74 bits per heavy atom. The fraction of sp³-hybridized carbons (Fsp3) is 0.593. The van der Waals surface area contributed by atoms with Crippen molar-refractivity contribution in [2.45, 2.75) is 52.1 Å². The number of likely N-dealkylation sites (tertiary alicyclic amines) is 1. The first-order chi connectivity index (χ1) is 16.4. The van der Waals surface area contributed by atoms with Gasteiger partial charge in [0.05, 0.1) is 31.1 Å². The van der Waals surface area contributed by atoms with E-state index in [4.69, 9.17) is 4.74 Å². The van der Waals surface area contributed by atoms with E-state index in [-0.39, 0.29) is 41.5 Å². The molecule has 0 bridgehead atoms. The molecular weight excluding hydrogens is 430 g/mol. The fourth-order valence-corrected chi connectivity index (χ4v) is 5.45. The van der Waals surface area contributed by atoms with E-state index in [1.807, 2.05) is 32.1 Å². The zero-order valence-corrected chi connectivity index (χ0v) is 20.5. The van der Waals surface area contributed by atoms with Gasteiger partial charge in [0.2, 0.25) is 17.7 Å². The maximum atomic E-state index is 13.5. The second-order valence-electron chi connectivity index (χ2n) is 10.2. The lowest BCUT2D eigenvalue weighted by Gasteiger charge is -2.35. The van der Waals surface area contributed by atoms with Crippen LogP contribution in [0.4, 0.5) is 0 Å². The number of nitrogens with one attached hydrogen (secondary N) is 1. The number of nitrogens with zero attached hydrogens (tertiary/aromatic N) is 2. The third-order valence-electron chi connectivity index (χ3n) is 7.23. The molecule has 2 saturated heterocycles. The van der Waals surface area contributed by atoms with Crippen molar-refractivity contribution in [3.05, 3.63) is 47.5 Å². The van der Waals surface area contributed by atoms with E-state index in [0.29, 0.717) is 39.0 Å². The minimum absolute atomic E-state index is 0.00390. The normalized spacial score (nSPS) is 24.9. The molecule has 7 nitrogen and oxygen atoms in total. The number of morpholine rings is 1. The van der Waals surface area contributed by atoms with E-state index < -0.39 is 6.04 Å². The fourth-order valence-electron chi connectivity index (χ4n) is 5.45. The smallest absolute Gasteiger partial charge is 0.243 e. The van der Waals surface area contributed by atoms with Gasteiger partial charge < -0.3 is 10.1 Å². The summed E-state index contributed by atoms with van der Waals surface area (Å²) in [6, 6.07) is 7.59. The molecule has 0 radical (unpaired) electrons. The lowest BCUT2D eigenvalue weighted by molar-refractivity contribution is -0.148. The molecule has 1 aliphatic carbocycles. The van der Waals surface area contributed by atoms with Gasteiger partial charge in [-0.05, 0) is 37.7 Å². The molecule has 0 aromatic heterocycles. The summed E-state index contributed by atoms with van der Waals surface area (Å²) in [6.07, 6.45) is 5.57. The van der Waals surface area contributed by atoms with Crippen LogP contribution in [-0.2, 0) is 19.1 Å². The highest BCUT2D eigenvalue weighted by Crippen LogP contribution is 2.37. The molecule has 184 valence electrons. The van der Waals surface area contributed by atoms with Crippen LogP contribution in [0, 0.1) is 24.7 Å². The Morgan fingerprint density at radius 1 is 1.09 bits per heavy atom. The predicted octanol–water partition coefficient (Wildman–Crippen LogP) is 2.85. The van der Waals surface area contributed by atoms with Gasteiger partial charge in [0.25, 0.3) is 0 Å². The van der Waals surface area contributed by atoms with Crippen LogP contribution in [0.15, 0.2) is 36.4 Å². The zero-order chi connectivity index (χ0) is 24.2. The average Bonchev–Trinajstić information content (AvgIpc) is 3.08. The first kappa shape index (κ1) is 24.6. The molecule has 4 rings (SSSR count). The van der Waals surface area contributed by atoms with Gasteiger partial charge in [0.15, 0.2) is 0 Å². The Kier molecular flexibility index (Phi) is 7.84. The summed E-state index contributed by atoms with van der Waals surface area (Å²) in [6.45, 7) is 9.44. The highest BCUT2D eigenvalue weighted by molar-refractivity contribution is 6.08. The van der Waals surface area contributed by atoms with Crippen molar-refractivity contribution in [3.63, 3.8) is 0 Å². The minimum atomic E-state index is -0.770. The number of hydrogen-bond acceptors (Lipinski definition) is 5. The van der Waals surface area contributed by atoms with E-state index in [1.165, 1.54) is 10.5 Å². The highest BCUT2D eigenvalue weighted by Gasteiger charge is 2.51. The largest absolute Gasteiger partial charge is 0.379 e. The Balaban J connectivity index is 1.52. The van der Waals surface area contributed by atoms with Crippen LogP contribution in [-0.4, -0.2) is 66.4 Å². The number of hydrogen-bond donors (Lipinski definition) is 1. The number of allylic oxidation sites excluding steroid dienone is 2. The average molecular weight is 468 g/mol. The summed E-state index contributed by atoms with van der Waals surface area (Å²) < 4.78 is 5.54. The number of fused-ring (bicyclic) bond motifs is 1. The van der Waals surface area contributed by atoms with Crippen LogP contribution in [0.25, 0.3) is 0 Å². The lowest BCUT2D eigenvalue weighted by Crippen LogP contribution is -2.52. The number of imide groups is 1. The number of benzene rings is 1. The Morgan fingerprint density at radius 3 is 2.32 bits per heavy atom. The number of carbonyl (C=O) groups excluding carboxylic acids is 3. The number of amides is 3. The molecular formula is C27H37N3O4. The van der Waals surface area contributed by atoms with Gasteiger partial charge in [-0.3, -0.25) is 24.2 Å². The van der Waals surface area contributed by atoms with E-state index in [0.717, 1.165) is 18.7 Å². The van der Waals surface area contributed by atoms with Gasteiger partial charge in [-0.1, -0.05) is 55.8 Å². The van der Waals surface area contributed by atoms with E-state index in [1.54, 1.807) is 0 Å². The molecule has 1 aromatic rings. The molecule has 4 atom stereocenters. The van der Waals surface area contributed by atoms with Crippen LogP contribution in [0.2, 0.25) is 0 Å². The van der Waals surface area contributed by atoms with Gasteiger partial charge in [0.1, 0.15) is 6.04 Å². The van der Waals surface area contributed by atoms with Crippen LogP contribution in [0.1, 0.15) is 50.3 Å². The Bertz CT molecular complexity index is 912. The van der Waals surface area contributed by atoms with Gasteiger partial charge >= 0.3 is 0 Å². The molecule has 3 aliphatic rings. The third kappa shape index (κ3) is 5.26. The van der Waals surface area contributed by atoms with Crippen LogP contribution >= 0.6 is 0 Å². The maximum absolute atomic E-state index is 13.5. The topological polar surface area (TPSA) is 79.0 Å². The molecule has 7 heteroatoms. The lowest BCUT2D eigenvalue weighted by atomic mass is 9.85. The van der Waals surface area contributed by atoms with Crippen molar-refractivity contribution in [2.24, 2.45) is 17.8 Å². The summed E-state index contributed by atoms with van der Waals surface area (Å²) in [7, 11) is 0. The van der Waals surface area contributed by atoms with E-state index in [2.05, 4.69) is 35.3 Å². The molecule has 34 heavy (non-hydrogen) atoms. The molecule has 4 unspecified atom stereocenters. The monoisotopic (exact) mass is 467 g/mol. The molecule has 2 aliphatic heterocycles. The third-order valence-corrected chi connectivity index (χ3v) is 7.23. The molecule has 2 heterocycles. The summed E-state index contributed by atoms with van der Waals surface area (Å²) in [5.74, 6) is -1.11. The van der Waals surface area contributed by atoms with Crippen LogP contribution in [0.5, 0.6) is 0 Å². The minimum Gasteiger partial charge on any atom is -0.379 e. The van der Waals surface area contributed by atoms with E-state index in [9.17, 15) is 14.4 Å². The first-order valence-corrected chi connectivity index (χ1v) is 12.5. The van der Waals surface area contributed by atoms with Gasteiger partial charge in [-0.25, -0.2) is 0 Å². The maximum Gasteiger partial charge on any atom is 0.243 e. The molecule has 3 amide bonds. The van der Waals surface area contributed by atoms with Crippen molar-refractivity contribution >= 4 is 17.7 Å². The van der Waals surface area contributed by atoms with E-state index >= 15 is 0 Å². The molecule has 0 saturated carbocycles. The van der Waals surface area contributed by atoms with Crippen molar-refractivity contribution in [1.82, 2.24) is 15.1 Å². The highest BCUT2D eigenvalue weighted by atomic mass is 16.5. The summed E-state index contributed by atoms with van der Waals surface area (Å²) in [5, 5.41) is 3.12. The van der Waals surface area contributed by atoms with Gasteiger partial charge in [0, 0.05) is 19.6 Å². The van der Waals surface area contributed by atoms with Crippen molar-refractivity contribution in [3.8, 4) is 0 Å². The predicted molar refractivity (Wildman–Crippen MR) is 130 cm³/mol. The number of carbonyl (C=O) groups is 3. The SMILES string of the molecule is Cc1cccc(C(CNC(=O)C(CC(C)C)N2C(=O)C3CC=CCC3C2=O)N2CCOCC2)c1. The standard InChI is InChI=1S/C27H37N3O4/c1-18(2)15-23(30-26(32)21-9-4-5-10-22(21)27(30)33)25(31)28-17-24(29-11-13-34-14-12-29)20-8-6-7-19(3)16-20/h4-8,16,18,21-24H,9-15,17H2,1-3H3,(H,28,31). The van der Waals surface area contributed by atoms with Crippen LogP contribution in [0.3, 0.4) is 0 Å². The molecule has 1 aromatic carbocycles. The molecule has 0 spiro atoms. The second-order valence-corrected chi connectivity index (χ2v) is 10.2. The second kappa shape index (κ2) is 10.8. The zero-order valence-electron chi connectivity index (χ0n) is 20.5. The van der Waals surface area contributed by atoms with Crippen molar-refractivity contribution in [1.29, 1.82) is 0 Å². The number of ether oxygens (including phenoxy) is 1. The summed E-state index contributed by atoms with van der Waals surface area (Å²) >= 11 is 0. The van der Waals surface area contributed by atoms with Crippen molar-refractivity contribution < 1.29 is 19.1 Å². The Labute approximate surface area is 202 Å². The number of rotatable bonds is 8. The first-order valence-electron chi connectivity index (χ1n) is 12.5. The summed E-state index contributed by atoms with van der Waals surface area (Å²) in [4.78, 5) is 43.5. The quantitative estimate of drug-likeness (QED) is 0.470. The summed E-state index contributed by atoms with van der Waals surface area (Å²) in [5.41, 5.74) is 2.32. The van der Waals surface area contributed by atoms with Gasteiger partial charge in [-0.2, -0.15) is 0 Å². The Hall–Kier alpha value is -2.51. The van der Waals surface area contributed by atoms with Crippen LogP contribution < -0.4 is 5.32 Å². The number of aryl methyl sites for hydroxylation is 1. The van der Waals surface area contributed by atoms with Gasteiger partial charge in [-0.15, -0.1) is 0 Å². The molecule has 1 N–H and O–H groups in total.